The summed E-state index contributed by atoms with van der Waals surface area (Å²) >= 11 is 0. The maximum absolute atomic E-state index is 5.93. The van der Waals surface area contributed by atoms with Crippen LogP contribution in [0.5, 0.6) is 0 Å². The van der Waals surface area contributed by atoms with Gasteiger partial charge in [-0.25, -0.2) is 4.98 Å². The molecular formula is C15H17N3. The van der Waals surface area contributed by atoms with Crippen LogP contribution in [0.1, 0.15) is 35.6 Å². The van der Waals surface area contributed by atoms with Gasteiger partial charge in [-0.15, -0.1) is 0 Å². The number of aryl methyl sites for hydroxylation is 1. The van der Waals surface area contributed by atoms with Crippen molar-refractivity contribution in [2.45, 2.75) is 31.6 Å². The third-order valence-corrected chi connectivity index (χ3v) is 3.70. The Morgan fingerprint density at radius 3 is 2.89 bits per heavy atom. The summed E-state index contributed by atoms with van der Waals surface area (Å²) in [6.45, 7) is 0. The molecule has 3 rings (SSSR count). The number of aromatic nitrogens is 2. The molecule has 1 aliphatic rings. The van der Waals surface area contributed by atoms with Gasteiger partial charge < -0.3 is 5.73 Å². The van der Waals surface area contributed by atoms with Crippen molar-refractivity contribution in [1.29, 1.82) is 0 Å². The number of nitrogens with two attached hydrogens (primary N) is 1. The predicted molar refractivity (Wildman–Crippen MR) is 72.3 cm³/mol. The van der Waals surface area contributed by atoms with Gasteiger partial charge in [0.25, 0.3) is 0 Å². The smallest absolute Gasteiger partial charge is 0.126 e. The van der Waals surface area contributed by atoms with Gasteiger partial charge >= 0.3 is 0 Å². The van der Waals surface area contributed by atoms with Gasteiger partial charge in [-0.05, 0) is 48.9 Å². The molecule has 0 bridgehead atoms. The van der Waals surface area contributed by atoms with E-state index >= 15 is 0 Å². The second kappa shape index (κ2) is 4.77. The van der Waals surface area contributed by atoms with Crippen LogP contribution in [0.4, 0.5) is 5.82 Å². The van der Waals surface area contributed by atoms with Crippen molar-refractivity contribution in [3.8, 4) is 0 Å². The summed E-state index contributed by atoms with van der Waals surface area (Å²) in [6, 6.07) is 8.24. The van der Waals surface area contributed by atoms with Crippen LogP contribution in [0.25, 0.3) is 0 Å². The summed E-state index contributed by atoms with van der Waals surface area (Å²) in [5.74, 6) is 1.14. The lowest BCUT2D eigenvalue weighted by Gasteiger charge is -2.24. The minimum Gasteiger partial charge on any atom is -0.383 e. The summed E-state index contributed by atoms with van der Waals surface area (Å²) in [5, 5.41) is 0. The first-order valence-electron chi connectivity index (χ1n) is 6.48. The second-order valence-corrected chi connectivity index (χ2v) is 4.89. The Kier molecular flexibility index (Phi) is 2.97. The lowest BCUT2D eigenvalue weighted by Crippen LogP contribution is -2.14. The third-order valence-electron chi connectivity index (χ3n) is 3.70. The number of fused-ring (bicyclic) bond motifs is 1. The molecule has 18 heavy (non-hydrogen) atoms. The van der Waals surface area contributed by atoms with Crippen molar-refractivity contribution >= 4 is 5.82 Å². The molecule has 3 heteroatoms. The fourth-order valence-electron chi connectivity index (χ4n) is 2.79. The van der Waals surface area contributed by atoms with Crippen LogP contribution >= 0.6 is 0 Å². The van der Waals surface area contributed by atoms with Gasteiger partial charge in [0.2, 0.25) is 0 Å². The molecule has 1 aliphatic carbocycles. The number of rotatable bonds is 2. The SMILES string of the molecule is Nc1ncccc1CC1CCCc2cccnc21. The van der Waals surface area contributed by atoms with Gasteiger partial charge in [-0.1, -0.05) is 12.1 Å². The number of pyridine rings is 2. The van der Waals surface area contributed by atoms with Gasteiger partial charge in [0.05, 0.1) is 0 Å². The first-order valence-corrected chi connectivity index (χ1v) is 6.48. The average Bonchev–Trinajstić information content (AvgIpc) is 2.42. The Morgan fingerprint density at radius 2 is 2.00 bits per heavy atom. The Bertz CT molecular complexity index is 551. The minimum absolute atomic E-state index is 0.487. The van der Waals surface area contributed by atoms with E-state index in [9.17, 15) is 0 Å². The molecule has 1 unspecified atom stereocenters. The van der Waals surface area contributed by atoms with Crippen LogP contribution in [0, 0.1) is 0 Å². The van der Waals surface area contributed by atoms with E-state index in [-0.39, 0.29) is 0 Å². The van der Waals surface area contributed by atoms with Gasteiger partial charge in [-0.3, -0.25) is 4.98 Å². The molecule has 0 aromatic carbocycles. The Hall–Kier alpha value is -1.90. The van der Waals surface area contributed by atoms with E-state index in [1.807, 2.05) is 18.3 Å². The van der Waals surface area contributed by atoms with E-state index in [1.165, 1.54) is 24.1 Å². The molecular weight excluding hydrogens is 222 g/mol. The van der Waals surface area contributed by atoms with Crippen molar-refractivity contribution in [2.24, 2.45) is 0 Å². The number of anilines is 1. The van der Waals surface area contributed by atoms with Crippen LogP contribution in [0.2, 0.25) is 0 Å². The molecule has 92 valence electrons. The summed E-state index contributed by atoms with van der Waals surface area (Å²) in [6.07, 6.45) is 8.17. The monoisotopic (exact) mass is 239 g/mol. The number of nitrogens with zero attached hydrogens (tertiary/aromatic N) is 2. The summed E-state index contributed by atoms with van der Waals surface area (Å²) in [7, 11) is 0. The van der Waals surface area contributed by atoms with E-state index < -0.39 is 0 Å². The highest BCUT2D eigenvalue weighted by atomic mass is 14.8. The maximum Gasteiger partial charge on any atom is 0.126 e. The van der Waals surface area contributed by atoms with E-state index in [4.69, 9.17) is 5.73 Å². The molecule has 0 aliphatic heterocycles. The second-order valence-electron chi connectivity index (χ2n) is 4.89. The van der Waals surface area contributed by atoms with Crippen LogP contribution in [0.3, 0.4) is 0 Å². The average molecular weight is 239 g/mol. The highest BCUT2D eigenvalue weighted by Gasteiger charge is 2.22. The predicted octanol–water partition coefficient (Wildman–Crippen LogP) is 2.72. The zero-order valence-corrected chi connectivity index (χ0v) is 10.3. The summed E-state index contributed by atoms with van der Waals surface area (Å²) in [4.78, 5) is 8.72. The van der Waals surface area contributed by atoms with Crippen LogP contribution in [-0.2, 0) is 12.8 Å². The summed E-state index contributed by atoms with van der Waals surface area (Å²) < 4.78 is 0. The molecule has 0 saturated carbocycles. The number of hydrogen-bond donors (Lipinski definition) is 1. The van der Waals surface area contributed by atoms with E-state index in [1.54, 1.807) is 6.20 Å². The molecule has 2 N–H and O–H groups in total. The third kappa shape index (κ3) is 2.08. The Morgan fingerprint density at radius 1 is 1.17 bits per heavy atom. The van der Waals surface area contributed by atoms with Gasteiger partial charge in [-0.2, -0.15) is 0 Å². The molecule has 2 heterocycles. The topological polar surface area (TPSA) is 51.8 Å². The number of nitrogen functional groups attached to an aromatic ring is 1. The molecule has 1 atom stereocenters. The van der Waals surface area contributed by atoms with Crippen molar-refractivity contribution in [1.82, 2.24) is 9.97 Å². The summed E-state index contributed by atoms with van der Waals surface area (Å²) in [5.41, 5.74) is 9.72. The normalized spacial score (nSPS) is 18.3. The van der Waals surface area contributed by atoms with Crippen molar-refractivity contribution in [2.75, 3.05) is 5.73 Å². The largest absolute Gasteiger partial charge is 0.383 e. The fraction of sp³-hybridized carbons (Fsp3) is 0.333. The first-order chi connectivity index (χ1) is 8.84. The lowest BCUT2D eigenvalue weighted by atomic mass is 9.83. The Labute approximate surface area is 107 Å². The zero-order valence-electron chi connectivity index (χ0n) is 10.3. The molecule has 2 aromatic rings. The van der Waals surface area contributed by atoms with Crippen molar-refractivity contribution in [3.05, 3.63) is 53.5 Å². The molecule has 0 amide bonds. The van der Waals surface area contributed by atoms with Crippen LogP contribution in [0.15, 0.2) is 36.7 Å². The van der Waals surface area contributed by atoms with E-state index in [2.05, 4.69) is 22.1 Å². The van der Waals surface area contributed by atoms with E-state index in [0.29, 0.717) is 11.7 Å². The molecule has 0 saturated heterocycles. The molecule has 0 spiro atoms. The molecule has 0 fully saturated rings. The first kappa shape index (κ1) is 11.2. The van der Waals surface area contributed by atoms with Gasteiger partial charge in [0.1, 0.15) is 5.82 Å². The van der Waals surface area contributed by atoms with E-state index in [0.717, 1.165) is 18.4 Å². The van der Waals surface area contributed by atoms with Crippen LogP contribution in [-0.4, -0.2) is 9.97 Å². The highest BCUT2D eigenvalue weighted by molar-refractivity contribution is 5.40. The van der Waals surface area contributed by atoms with Crippen molar-refractivity contribution in [3.63, 3.8) is 0 Å². The fourth-order valence-corrected chi connectivity index (χ4v) is 2.79. The quantitative estimate of drug-likeness (QED) is 0.876. The van der Waals surface area contributed by atoms with Gasteiger partial charge in [0, 0.05) is 24.0 Å². The zero-order chi connectivity index (χ0) is 12.4. The highest BCUT2D eigenvalue weighted by Crippen LogP contribution is 2.33. The van der Waals surface area contributed by atoms with Crippen molar-refractivity contribution < 1.29 is 0 Å². The molecule has 2 aromatic heterocycles. The Balaban J connectivity index is 1.89. The number of hydrogen-bond acceptors (Lipinski definition) is 3. The molecule has 0 radical (unpaired) electrons. The standard InChI is InChI=1S/C15H17N3/c16-15-13(7-3-9-18-15)10-12-5-1-4-11-6-2-8-17-14(11)12/h2-3,6-9,12H,1,4-5,10H2,(H2,16,18). The lowest BCUT2D eigenvalue weighted by molar-refractivity contribution is 0.535. The van der Waals surface area contributed by atoms with Gasteiger partial charge in [0.15, 0.2) is 0 Å². The molecule has 3 nitrogen and oxygen atoms in total. The minimum atomic E-state index is 0.487. The maximum atomic E-state index is 5.93. The van der Waals surface area contributed by atoms with Crippen LogP contribution < -0.4 is 5.73 Å².